The van der Waals surface area contributed by atoms with Crippen LogP contribution in [0.15, 0.2) is 5.16 Å². The number of nitrogens with two attached hydrogens (primary N) is 1. The Balaban J connectivity index is 2.26. The first-order valence-electron chi connectivity index (χ1n) is 4.17. The Morgan fingerprint density at radius 2 is 2.43 bits per heavy atom. The molecule has 0 aromatic heterocycles. The summed E-state index contributed by atoms with van der Waals surface area (Å²) in [5.41, 5.74) is 5.16. The number of carbonyl (C=O) groups is 1. The molecular formula is C7H13N3O4. The largest absolute Gasteiger partial charge is 0.409 e. The first kappa shape index (κ1) is 10.7. The minimum Gasteiger partial charge on any atom is -0.409 e. The third-order valence-electron chi connectivity index (χ3n) is 1.68. The van der Waals surface area contributed by atoms with Gasteiger partial charge in [0.1, 0.15) is 0 Å². The Hall–Kier alpha value is -1.34. The van der Waals surface area contributed by atoms with Crippen molar-refractivity contribution in [2.24, 2.45) is 10.9 Å². The standard InChI is InChI=1S/C7H13N3O4/c8-6(10-12)3-9-7(11)5-4-13-1-2-14-5/h5,12H,1-4H2,(H2,8,10)(H,9,11). The summed E-state index contributed by atoms with van der Waals surface area (Å²) in [6, 6.07) is 0. The van der Waals surface area contributed by atoms with Gasteiger partial charge in [0.25, 0.3) is 5.91 Å². The summed E-state index contributed by atoms with van der Waals surface area (Å²) in [5, 5.41) is 13.4. The predicted molar refractivity (Wildman–Crippen MR) is 47.0 cm³/mol. The lowest BCUT2D eigenvalue weighted by Gasteiger charge is -2.21. The number of nitrogens with one attached hydrogen (secondary N) is 1. The molecule has 7 heteroatoms. The third-order valence-corrected chi connectivity index (χ3v) is 1.68. The summed E-state index contributed by atoms with van der Waals surface area (Å²) in [7, 11) is 0. The van der Waals surface area contributed by atoms with Crippen molar-refractivity contribution in [2.75, 3.05) is 26.4 Å². The minimum absolute atomic E-state index is 0.00477. The molecule has 14 heavy (non-hydrogen) atoms. The molecule has 1 aliphatic rings. The molecule has 1 saturated heterocycles. The van der Waals surface area contributed by atoms with E-state index in [-0.39, 0.29) is 24.9 Å². The van der Waals surface area contributed by atoms with Crippen LogP contribution in [0, 0.1) is 0 Å². The molecule has 1 rings (SSSR count). The van der Waals surface area contributed by atoms with Crippen molar-refractivity contribution in [3.63, 3.8) is 0 Å². The maximum absolute atomic E-state index is 11.3. The van der Waals surface area contributed by atoms with E-state index in [1.54, 1.807) is 0 Å². The highest BCUT2D eigenvalue weighted by Crippen LogP contribution is 1.99. The van der Waals surface area contributed by atoms with Crippen molar-refractivity contribution in [1.29, 1.82) is 0 Å². The molecule has 0 spiro atoms. The molecule has 0 bridgehead atoms. The van der Waals surface area contributed by atoms with E-state index < -0.39 is 6.10 Å². The molecule has 0 aromatic carbocycles. The van der Waals surface area contributed by atoms with E-state index in [0.717, 1.165) is 0 Å². The summed E-state index contributed by atoms with van der Waals surface area (Å²) in [6.07, 6.45) is -0.602. The molecule has 0 aliphatic carbocycles. The molecule has 1 atom stereocenters. The normalized spacial score (nSPS) is 23.1. The second-order valence-electron chi connectivity index (χ2n) is 2.74. The van der Waals surface area contributed by atoms with Crippen LogP contribution < -0.4 is 11.1 Å². The van der Waals surface area contributed by atoms with Crippen LogP contribution in [0.3, 0.4) is 0 Å². The zero-order valence-electron chi connectivity index (χ0n) is 7.60. The van der Waals surface area contributed by atoms with Gasteiger partial charge in [-0.05, 0) is 0 Å². The molecule has 1 aliphatic heterocycles. The van der Waals surface area contributed by atoms with Crippen molar-refractivity contribution < 1.29 is 19.5 Å². The molecule has 7 nitrogen and oxygen atoms in total. The van der Waals surface area contributed by atoms with Crippen molar-refractivity contribution >= 4 is 11.7 Å². The zero-order chi connectivity index (χ0) is 10.4. The van der Waals surface area contributed by atoms with Gasteiger partial charge in [0.15, 0.2) is 11.9 Å². The van der Waals surface area contributed by atoms with Gasteiger partial charge < -0.3 is 25.7 Å². The number of oxime groups is 1. The fourth-order valence-electron chi connectivity index (χ4n) is 0.966. The van der Waals surface area contributed by atoms with Crippen LogP contribution in [0.4, 0.5) is 0 Å². The topological polar surface area (TPSA) is 106 Å². The van der Waals surface area contributed by atoms with Crippen LogP contribution in [-0.2, 0) is 14.3 Å². The van der Waals surface area contributed by atoms with Crippen molar-refractivity contribution in [3.8, 4) is 0 Å². The van der Waals surface area contributed by atoms with Gasteiger partial charge in [0.2, 0.25) is 0 Å². The Morgan fingerprint density at radius 1 is 1.64 bits per heavy atom. The van der Waals surface area contributed by atoms with Crippen molar-refractivity contribution in [3.05, 3.63) is 0 Å². The number of hydrogen-bond acceptors (Lipinski definition) is 5. The molecular weight excluding hydrogens is 190 g/mol. The minimum atomic E-state index is -0.602. The summed E-state index contributed by atoms with van der Waals surface area (Å²) < 4.78 is 10.2. The van der Waals surface area contributed by atoms with Crippen LogP contribution >= 0.6 is 0 Å². The lowest BCUT2D eigenvalue weighted by atomic mass is 10.3. The molecule has 0 aromatic rings. The zero-order valence-corrected chi connectivity index (χ0v) is 7.60. The maximum Gasteiger partial charge on any atom is 0.251 e. The second-order valence-corrected chi connectivity index (χ2v) is 2.74. The lowest BCUT2D eigenvalue weighted by molar-refractivity contribution is -0.147. The maximum atomic E-state index is 11.3. The molecule has 1 fully saturated rings. The number of carbonyl (C=O) groups excluding carboxylic acids is 1. The lowest BCUT2D eigenvalue weighted by Crippen LogP contribution is -2.45. The van der Waals surface area contributed by atoms with Crippen molar-refractivity contribution in [2.45, 2.75) is 6.10 Å². The highest BCUT2D eigenvalue weighted by molar-refractivity contribution is 5.88. The van der Waals surface area contributed by atoms with Gasteiger partial charge >= 0.3 is 0 Å². The number of nitrogens with zero attached hydrogens (tertiary/aromatic N) is 1. The van der Waals surface area contributed by atoms with E-state index in [1.807, 2.05) is 0 Å². The fourth-order valence-corrected chi connectivity index (χ4v) is 0.966. The van der Waals surface area contributed by atoms with Gasteiger partial charge in [-0.3, -0.25) is 4.79 Å². The Morgan fingerprint density at radius 3 is 3.00 bits per heavy atom. The van der Waals surface area contributed by atoms with Gasteiger partial charge in [0, 0.05) is 0 Å². The Bertz CT molecular complexity index is 225. The van der Waals surface area contributed by atoms with Crippen LogP contribution in [0.25, 0.3) is 0 Å². The third kappa shape index (κ3) is 3.19. The first-order valence-corrected chi connectivity index (χ1v) is 4.17. The molecule has 4 N–H and O–H groups in total. The van der Waals surface area contributed by atoms with Crippen LogP contribution in [-0.4, -0.2) is 49.4 Å². The number of ether oxygens (including phenoxy) is 2. The fraction of sp³-hybridized carbons (Fsp3) is 0.714. The predicted octanol–water partition coefficient (Wildman–Crippen LogP) is -1.74. The summed E-state index contributed by atoms with van der Waals surface area (Å²) in [4.78, 5) is 11.3. The molecule has 1 heterocycles. The summed E-state index contributed by atoms with van der Waals surface area (Å²) in [5.74, 6) is -0.383. The highest BCUT2D eigenvalue weighted by atomic mass is 16.6. The highest BCUT2D eigenvalue weighted by Gasteiger charge is 2.22. The van der Waals surface area contributed by atoms with E-state index in [2.05, 4.69) is 10.5 Å². The Labute approximate surface area is 80.8 Å². The monoisotopic (exact) mass is 203 g/mol. The quantitative estimate of drug-likeness (QED) is 0.218. The summed E-state index contributed by atoms with van der Waals surface area (Å²) in [6.45, 7) is 1.14. The van der Waals surface area contributed by atoms with Gasteiger partial charge in [-0.25, -0.2) is 0 Å². The molecule has 1 amide bonds. The van der Waals surface area contributed by atoms with E-state index in [4.69, 9.17) is 20.4 Å². The van der Waals surface area contributed by atoms with Gasteiger partial charge in [-0.15, -0.1) is 0 Å². The van der Waals surface area contributed by atoms with Gasteiger partial charge in [0.05, 0.1) is 26.4 Å². The number of amides is 1. The smallest absolute Gasteiger partial charge is 0.251 e. The van der Waals surface area contributed by atoms with Crippen LogP contribution in [0.2, 0.25) is 0 Å². The van der Waals surface area contributed by atoms with E-state index in [1.165, 1.54) is 0 Å². The van der Waals surface area contributed by atoms with Gasteiger partial charge in [-0.2, -0.15) is 0 Å². The molecule has 0 saturated carbocycles. The summed E-state index contributed by atoms with van der Waals surface area (Å²) >= 11 is 0. The number of rotatable bonds is 3. The molecule has 80 valence electrons. The van der Waals surface area contributed by atoms with E-state index in [9.17, 15) is 4.79 Å². The average molecular weight is 203 g/mol. The SMILES string of the molecule is NC(CNC(=O)C1COCCO1)=NO. The number of hydrogen-bond donors (Lipinski definition) is 3. The van der Waals surface area contributed by atoms with E-state index in [0.29, 0.717) is 13.2 Å². The first-order chi connectivity index (χ1) is 6.74. The van der Waals surface area contributed by atoms with Crippen LogP contribution in [0.5, 0.6) is 0 Å². The number of amidine groups is 1. The van der Waals surface area contributed by atoms with E-state index >= 15 is 0 Å². The second kappa shape index (κ2) is 5.40. The van der Waals surface area contributed by atoms with Crippen LogP contribution in [0.1, 0.15) is 0 Å². The Kier molecular flexibility index (Phi) is 4.14. The molecule has 1 unspecified atom stereocenters. The average Bonchev–Trinajstić information content (AvgIpc) is 2.26. The molecule has 0 radical (unpaired) electrons. The van der Waals surface area contributed by atoms with Crippen molar-refractivity contribution in [1.82, 2.24) is 5.32 Å². The van der Waals surface area contributed by atoms with Gasteiger partial charge in [-0.1, -0.05) is 5.16 Å².